The molecule has 8 heteroatoms. The Labute approximate surface area is 183 Å². The molecular formula is C24H22FN3O4. The summed E-state index contributed by atoms with van der Waals surface area (Å²) < 4.78 is 21.5. The molecule has 0 bridgehead atoms. The smallest absolute Gasteiger partial charge is 0.337 e. The summed E-state index contributed by atoms with van der Waals surface area (Å²) in [7, 11) is 2.92. The molecule has 2 aromatic carbocycles. The molecule has 2 heterocycles. The highest BCUT2D eigenvalue weighted by Gasteiger charge is 2.37. The van der Waals surface area contributed by atoms with Crippen LogP contribution in [0.1, 0.15) is 29.5 Å². The Kier molecular flexibility index (Phi) is 5.52. The van der Waals surface area contributed by atoms with Gasteiger partial charge in [-0.2, -0.15) is 0 Å². The Morgan fingerprint density at radius 2 is 1.69 bits per heavy atom. The lowest BCUT2D eigenvalue weighted by molar-refractivity contribution is -0.140. The zero-order valence-electron chi connectivity index (χ0n) is 17.9. The van der Waals surface area contributed by atoms with Crippen molar-refractivity contribution >= 4 is 11.8 Å². The van der Waals surface area contributed by atoms with Gasteiger partial charge in [-0.25, -0.2) is 14.0 Å². The summed E-state index contributed by atoms with van der Waals surface area (Å²) in [6.07, 6.45) is 0. The van der Waals surface area contributed by atoms with Crippen LogP contribution in [-0.4, -0.2) is 15.1 Å². The van der Waals surface area contributed by atoms with E-state index < -0.39 is 29.0 Å². The van der Waals surface area contributed by atoms with Gasteiger partial charge in [0.05, 0.1) is 17.1 Å². The summed E-state index contributed by atoms with van der Waals surface area (Å²) in [5, 5.41) is 3.03. The second-order valence-corrected chi connectivity index (χ2v) is 7.68. The second-order valence-electron chi connectivity index (χ2n) is 7.68. The van der Waals surface area contributed by atoms with Gasteiger partial charge in [0.2, 0.25) is 0 Å². The number of allylic oxidation sites excluding steroid dienone is 1. The first kappa shape index (κ1) is 21.3. The number of anilines is 1. The summed E-state index contributed by atoms with van der Waals surface area (Å²) in [5.41, 5.74) is 1.23. The van der Waals surface area contributed by atoms with Gasteiger partial charge in [0.15, 0.2) is 0 Å². The maximum Gasteiger partial charge on any atom is 0.337 e. The highest BCUT2D eigenvalue weighted by Crippen LogP contribution is 2.40. The molecule has 3 aromatic rings. The zero-order chi connectivity index (χ0) is 23.0. The van der Waals surface area contributed by atoms with Crippen LogP contribution in [-0.2, 0) is 30.2 Å². The largest absolute Gasteiger partial charge is 0.457 e. The minimum atomic E-state index is -0.833. The fourth-order valence-corrected chi connectivity index (χ4v) is 3.95. The highest BCUT2D eigenvalue weighted by molar-refractivity contribution is 5.94. The van der Waals surface area contributed by atoms with Crippen LogP contribution in [0.15, 0.2) is 75.5 Å². The summed E-state index contributed by atoms with van der Waals surface area (Å²) in [6, 6.07) is 14.8. The van der Waals surface area contributed by atoms with Gasteiger partial charge in [-0.3, -0.25) is 13.9 Å². The Morgan fingerprint density at radius 1 is 1.03 bits per heavy atom. The van der Waals surface area contributed by atoms with Crippen molar-refractivity contribution in [3.8, 4) is 0 Å². The van der Waals surface area contributed by atoms with Crippen LogP contribution >= 0.6 is 0 Å². The molecule has 0 saturated carbocycles. The van der Waals surface area contributed by atoms with Crippen molar-refractivity contribution in [1.29, 1.82) is 0 Å². The van der Waals surface area contributed by atoms with E-state index in [1.54, 1.807) is 14.0 Å². The van der Waals surface area contributed by atoms with E-state index >= 15 is 0 Å². The molecule has 1 aliphatic rings. The van der Waals surface area contributed by atoms with E-state index in [-0.39, 0.29) is 17.7 Å². The van der Waals surface area contributed by atoms with E-state index in [0.717, 1.165) is 10.1 Å². The van der Waals surface area contributed by atoms with Crippen LogP contribution in [0, 0.1) is 5.82 Å². The first-order chi connectivity index (χ1) is 15.3. The van der Waals surface area contributed by atoms with Gasteiger partial charge >= 0.3 is 11.7 Å². The quantitative estimate of drug-likeness (QED) is 0.638. The molecule has 0 unspecified atom stereocenters. The number of nitrogens with zero attached hydrogens (tertiary/aromatic N) is 2. The van der Waals surface area contributed by atoms with Crippen LogP contribution in [0.25, 0.3) is 0 Å². The van der Waals surface area contributed by atoms with Crippen molar-refractivity contribution in [2.24, 2.45) is 14.1 Å². The predicted molar refractivity (Wildman–Crippen MR) is 118 cm³/mol. The SMILES string of the molecule is CC1=C(C(=O)OCc2ccccc2)[C@@H](c2ccc(F)cc2)c2c(n(C)c(=O)n(C)c2=O)N1. The molecule has 164 valence electrons. The second kappa shape index (κ2) is 8.30. The van der Waals surface area contributed by atoms with E-state index in [2.05, 4.69) is 5.32 Å². The van der Waals surface area contributed by atoms with Gasteiger partial charge in [-0.15, -0.1) is 0 Å². The Bertz CT molecular complexity index is 1340. The van der Waals surface area contributed by atoms with Crippen molar-refractivity contribution in [3.63, 3.8) is 0 Å². The fraction of sp³-hybridized carbons (Fsp3) is 0.208. The monoisotopic (exact) mass is 435 g/mol. The van der Waals surface area contributed by atoms with Crippen molar-refractivity contribution in [2.75, 3.05) is 5.32 Å². The maximum atomic E-state index is 13.6. The van der Waals surface area contributed by atoms with Crippen molar-refractivity contribution in [1.82, 2.24) is 9.13 Å². The van der Waals surface area contributed by atoms with E-state index in [4.69, 9.17) is 4.74 Å². The number of carbonyl (C=O) groups excluding carboxylic acids is 1. The van der Waals surface area contributed by atoms with E-state index in [1.165, 1.54) is 35.9 Å². The number of hydrogen-bond acceptors (Lipinski definition) is 5. The zero-order valence-corrected chi connectivity index (χ0v) is 17.9. The molecular weight excluding hydrogens is 413 g/mol. The lowest BCUT2D eigenvalue weighted by Gasteiger charge is -2.30. The van der Waals surface area contributed by atoms with Gasteiger partial charge in [-0.1, -0.05) is 42.5 Å². The number of nitrogens with one attached hydrogen (secondary N) is 1. The van der Waals surface area contributed by atoms with E-state index in [1.807, 2.05) is 30.3 Å². The third-order valence-electron chi connectivity index (χ3n) is 5.62. The first-order valence-electron chi connectivity index (χ1n) is 10.0. The van der Waals surface area contributed by atoms with Gasteiger partial charge in [0.25, 0.3) is 5.56 Å². The molecule has 1 N–H and O–H groups in total. The Hall–Kier alpha value is -3.94. The number of esters is 1. The number of ether oxygens (including phenoxy) is 1. The molecule has 0 fully saturated rings. The minimum absolute atomic E-state index is 0.0603. The Morgan fingerprint density at radius 3 is 2.34 bits per heavy atom. The molecule has 0 amide bonds. The molecule has 4 rings (SSSR count). The molecule has 7 nitrogen and oxygen atoms in total. The van der Waals surface area contributed by atoms with Crippen LogP contribution in [0.2, 0.25) is 0 Å². The third-order valence-corrected chi connectivity index (χ3v) is 5.62. The molecule has 0 spiro atoms. The molecule has 1 aromatic heterocycles. The van der Waals surface area contributed by atoms with Crippen molar-refractivity contribution in [3.05, 3.63) is 109 Å². The average molecular weight is 435 g/mol. The number of benzene rings is 2. The number of hydrogen-bond donors (Lipinski definition) is 1. The summed E-state index contributed by atoms with van der Waals surface area (Å²) in [6.45, 7) is 1.74. The molecule has 0 aliphatic carbocycles. The standard InChI is InChI=1S/C24H22FN3O4/c1-14-18(23(30)32-13-15-7-5-4-6-8-15)19(16-9-11-17(25)12-10-16)20-21(26-14)27(2)24(31)28(3)22(20)29/h4-12,19,26H,13H2,1-3H3/t19-/m1/s1. The molecule has 1 atom stereocenters. The number of carbonyl (C=O) groups is 1. The lowest BCUT2D eigenvalue weighted by atomic mass is 9.82. The number of rotatable bonds is 4. The number of fused-ring (bicyclic) bond motifs is 1. The summed E-state index contributed by atoms with van der Waals surface area (Å²) in [4.78, 5) is 38.8. The molecule has 0 saturated heterocycles. The van der Waals surface area contributed by atoms with Gasteiger partial charge in [-0.05, 0) is 30.2 Å². The van der Waals surface area contributed by atoms with E-state index in [0.29, 0.717) is 17.1 Å². The predicted octanol–water partition coefficient (Wildman–Crippen LogP) is 2.80. The molecule has 1 aliphatic heterocycles. The molecule has 0 radical (unpaired) electrons. The van der Waals surface area contributed by atoms with Gasteiger partial charge in [0.1, 0.15) is 18.2 Å². The van der Waals surface area contributed by atoms with Crippen molar-refractivity contribution in [2.45, 2.75) is 19.4 Å². The Balaban J connectivity index is 1.86. The van der Waals surface area contributed by atoms with E-state index in [9.17, 15) is 18.8 Å². The third kappa shape index (κ3) is 3.64. The minimum Gasteiger partial charge on any atom is -0.457 e. The summed E-state index contributed by atoms with van der Waals surface area (Å²) in [5.74, 6) is -1.58. The van der Waals surface area contributed by atoms with Crippen LogP contribution < -0.4 is 16.6 Å². The fourth-order valence-electron chi connectivity index (χ4n) is 3.95. The normalized spacial score (nSPS) is 15.2. The van der Waals surface area contributed by atoms with Crippen LogP contribution in [0.4, 0.5) is 10.2 Å². The molecule has 32 heavy (non-hydrogen) atoms. The van der Waals surface area contributed by atoms with Gasteiger partial charge in [0, 0.05) is 19.8 Å². The van der Waals surface area contributed by atoms with Gasteiger partial charge < -0.3 is 10.1 Å². The number of aromatic nitrogens is 2. The highest BCUT2D eigenvalue weighted by atomic mass is 19.1. The lowest BCUT2D eigenvalue weighted by Crippen LogP contribution is -2.43. The summed E-state index contributed by atoms with van der Waals surface area (Å²) >= 11 is 0. The first-order valence-corrected chi connectivity index (χ1v) is 10.0. The van der Waals surface area contributed by atoms with Crippen molar-refractivity contribution < 1.29 is 13.9 Å². The number of halogens is 1. The topological polar surface area (TPSA) is 82.3 Å². The van der Waals surface area contributed by atoms with Crippen LogP contribution in [0.5, 0.6) is 0 Å². The maximum absolute atomic E-state index is 13.6. The average Bonchev–Trinajstić information content (AvgIpc) is 2.80. The van der Waals surface area contributed by atoms with Crippen LogP contribution in [0.3, 0.4) is 0 Å².